The van der Waals surface area contributed by atoms with Crippen molar-refractivity contribution in [1.29, 1.82) is 0 Å². The first-order valence-corrected chi connectivity index (χ1v) is 7.60. The first-order valence-electron chi connectivity index (χ1n) is 6.16. The standard InChI is InChI=1S/C13H16N4O2S/c1-3-17(11-6-8-15-9-7-11)20(18,19)12-4-5-13(14-2)16-10-12/h4-10H,3H2,1-2H3,(H,14,16). The van der Waals surface area contributed by atoms with Crippen molar-refractivity contribution in [3.63, 3.8) is 0 Å². The zero-order valence-electron chi connectivity index (χ0n) is 11.3. The van der Waals surface area contributed by atoms with Crippen molar-refractivity contribution in [1.82, 2.24) is 9.97 Å². The van der Waals surface area contributed by atoms with Crippen molar-refractivity contribution in [2.75, 3.05) is 23.2 Å². The molecule has 2 aromatic heterocycles. The van der Waals surface area contributed by atoms with E-state index < -0.39 is 10.0 Å². The van der Waals surface area contributed by atoms with E-state index in [9.17, 15) is 8.42 Å². The van der Waals surface area contributed by atoms with Gasteiger partial charge in [-0.25, -0.2) is 13.4 Å². The highest BCUT2D eigenvalue weighted by atomic mass is 32.2. The Balaban J connectivity index is 2.41. The van der Waals surface area contributed by atoms with Gasteiger partial charge >= 0.3 is 0 Å². The molecule has 0 saturated carbocycles. The van der Waals surface area contributed by atoms with Crippen LogP contribution in [-0.4, -0.2) is 32.0 Å². The Morgan fingerprint density at radius 1 is 1.20 bits per heavy atom. The SMILES string of the molecule is CCN(c1ccncc1)S(=O)(=O)c1ccc(NC)nc1. The summed E-state index contributed by atoms with van der Waals surface area (Å²) in [5.41, 5.74) is 0.584. The van der Waals surface area contributed by atoms with Gasteiger partial charge in [0.05, 0.1) is 5.69 Å². The van der Waals surface area contributed by atoms with Crippen molar-refractivity contribution >= 4 is 21.5 Å². The third-order valence-electron chi connectivity index (χ3n) is 2.82. The van der Waals surface area contributed by atoms with Crippen LogP contribution < -0.4 is 9.62 Å². The number of hydrogen-bond acceptors (Lipinski definition) is 5. The van der Waals surface area contributed by atoms with Crippen LogP contribution in [0.15, 0.2) is 47.8 Å². The molecule has 0 atom stereocenters. The monoisotopic (exact) mass is 292 g/mol. The highest BCUT2D eigenvalue weighted by Gasteiger charge is 2.23. The molecule has 0 bridgehead atoms. The average Bonchev–Trinajstić information content (AvgIpc) is 2.49. The number of anilines is 2. The number of rotatable bonds is 5. The molecule has 0 spiro atoms. The van der Waals surface area contributed by atoms with E-state index in [4.69, 9.17) is 0 Å². The maximum atomic E-state index is 12.6. The molecule has 2 heterocycles. The summed E-state index contributed by atoms with van der Waals surface area (Å²) < 4.78 is 26.5. The van der Waals surface area contributed by atoms with E-state index in [0.717, 1.165) is 0 Å². The van der Waals surface area contributed by atoms with Gasteiger partial charge in [0.1, 0.15) is 10.7 Å². The van der Waals surface area contributed by atoms with Crippen LogP contribution in [0.4, 0.5) is 11.5 Å². The maximum Gasteiger partial charge on any atom is 0.265 e. The molecule has 2 rings (SSSR count). The Morgan fingerprint density at radius 2 is 1.90 bits per heavy atom. The van der Waals surface area contributed by atoms with Crippen LogP contribution in [0.2, 0.25) is 0 Å². The number of hydrogen-bond donors (Lipinski definition) is 1. The van der Waals surface area contributed by atoms with Gasteiger partial charge in [0.25, 0.3) is 10.0 Å². The molecule has 0 aromatic carbocycles. The molecular weight excluding hydrogens is 276 g/mol. The minimum Gasteiger partial charge on any atom is -0.373 e. The molecule has 0 unspecified atom stereocenters. The highest BCUT2D eigenvalue weighted by Crippen LogP contribution is 2.22. The molecule has 7 heteroatoms. The van der Waals surface area contributed by atoms with E-state index in [2.05, 4.69) is 15.3 Å². The van der Waals surface area contributed by atoms with Crippen molar-refractivity contribution in [3.8, 4) is 0 Å². The molecule has 0 aliphatic rings. The van der Waals surface area contributed by atoms with Gasteiger partial charge in [0.2, 0.25) is 0 Å². The first kappa shape index (κ1) is 14.3. The number of sulfonamides is 1. The lowest BCUT2D eigenvalue weighted by molar-refractivity contribution is 0.591. The number of nitrogens with zero attached hydrogens (tertiary/aromatic N) is 3. The zero-order valence-corrected chi connectivity index (χ0v) is 12.1. The molecule has 0 radical (unpaired) electrons. The smallest absolute Gasteiger partial charge is 0.265 e. The van der Waals surface area contributed by atoms with E-state index in [1.54, 1.807) is 44.6 Å². The molecule has 0 saturated heterocycles. The Kier molecular flexibility index (Phi) is 4.19. The maximum absolute atomic E-state index is 12.6. The van der Waals surface area contributed by atoms with Gasteiger partial charge in [-0.15, -0.1) is 0 Å². The minimum absolute atomic E-state index is 0.162. The van der Waals surface area contributed by atoms with Gasteiger partial charge in [0.15, 0.2) is 0 Å². The van der Waals surface area contributed by atoms with Crippen molar-refractivity contribution in [2.45, 2.75) is 11.8 Å². The van der Waals surface area contributed by atoms with E-state index >= 15 is 0 Å². The van der Waals surface area contributed by atoms with Gasteiger partial charge < -0.3 is 5.32 Å². The highest BCUT2D eigenvalue weighted by molar-refractivity contribution is 7.92. The molecule has 20 heavy (non-hydrogen) atoms. The van der Waals surface area contributed by atoms with E-state index in [1.807, 2.05) is 0 Å². The van der Waals surface area contributed by atoms with Gasteiger partial charge in [-0.1, -0.05) is 0 Å². The third kappa shape index (κ3) is 2.72. The van der Waals surface area contributed by atoms with E-state index in [1.165, 1.54) is 16.6 Å². The van der Waals surface area contributed by atoms with Crippen LogP contribution in [-0.2, 0) is 10.0 Å². The molecule has 0 aliphatic heterocycles. The topological polar surface area (TPSA) is 75.2 Å². The molecule has 6 nitrogen and oxygen atoms in total. The number of pyridine rings is 2. The summed E-state index contributed by atoms with van der Waals surface area (Å²) in [7, 11) is -1.89. The number of aromatic nitrogens is 2. The second-order valence-electron chi connectivity index (χ2n) is 4.00. The molecule has 0 fully saturated rings. The van der Waals surface area contributed by atoms with Crippen LogP contribution in [0, 0.1) is 0 Å². The first-order chi connectivity index (χ1) is 9.59. The quantitative estimate of drug-likeness (QED) is 0.908. The van der Waals surface area contributed by atoms with Crippen molar-refractivity contribution < 1.29 is 8.42 Å². The molecule has 106 valence electrons. The Bertz CT molecular complexity index is 657. The van der Waals surface area contributed by atoms with Gasteiger partial charge in [-0.3, -0.25) is 9.29 Å². The Labute approximate surface area is 118 Å². The Morgan fingerprint density at radius 3 is 2.40 bits per heavy atom. The van der Waals surface area contributed by atoms with E-state index in [-0.39, 0.29) is 4.90 Å². The number of nitrogens with one attached hydrogen (secondary N) is 1. The summed E-state index contributed by atoms with van der Waals surface area (Å²) in [4.78, 5) is 8.10. The fourth-order valence-corrected chi connectivity index (χ4v) is 3.23. The summed E-state index contributed by atoms with van der Waals surface area (Å²) in [6.45, 7) is 2.12. The van der Waals surface area contributed by atoms with Crippen LogP contribution in [0.3, 0.4) is 0 Å². The zero-order chi connectivity index (χ0) is 14.6. The molecule has 1 N–H and O–H groups in total. The average molecular weight is 292 g/mol. The summed E-state index contributed by atoms with van der Waals surface area (Å²) >= 11 is 0. The predicted octanol–water partition coefficient (Wildman–Crippen LogP) is 1.73. The van der Waals surface area contributed by atoms with Crippen molar-refractivity contribution in [2.24, 2.45) is 0 Å². The summed E-state index contributed by atoms with van der Waals surface area (Å²) in [5, 5.41) is 2.85. The summed E-state index contributed by atoms with van der Waals surface area (Å²) in [5.74, 6) is 0.621. The second-order valence-corrected chi connectivity index (χ2v) is 5.87. The fraction of sp³-hybridized carbons (Fsp3) is 0.231. The second kappa shape index (κ2) is 5.87. The molecular formula is C13H16N4O2S. The predicted molar refractivity (Wildman–Crippen MR) is 78.2 cm³/mol. The molecule has 0 amide bonds. The van der Waals surface area contributed by atoms with Crippen LogP contribution in [0.5, 0.6) is 0 Å². The van der Waals surface area contributed by atoms with Crippen molar-refractivity contribution in [3.05, 3.63) is 42.9 Å². The van der Waals surface area contributed by atoms with Gasteiger partial charge in [0, 0.05) is 32.2 Å². The van der Waals surface area contributed by atoms with Crippen LogP contribution in [0.25, 0.3) is 0 Å². The van der Waals surface area contributed by atoms with Gasteiger partial charge in [-0.05, 0) is 31.2 Å². The fourth-order valence-electron chi connectivity index (χ4n) is 1.81. The summed E-state index contributed by atoms with van der Waals surface area (Å²) in [6.07, 6.45) is 4.48. The lowest BCUT2D eigenvalue weighted by Gasteiger charge is -2.22. The minimum atomic E-state index is -3.61. The lowest BCUT2D eigenvalue weighted by Crippen LogP contribution is -2.30. The summed E-state index contributed by atoms with van der Waals surface area (Å²) in [6, 6.07) is 6.50. The molecule has 0 aliphatic carbocycles. The van der Waals surface area contributed by atoms with Gasteiger partial charge in [-0.2, -0.15) is 0 Å². The lowest BCUT2D eigenvalue weighted by atomic mass is 10.4. The largest absolute Gasteiger partial charge is 0.373 e. The molecule has 2 aromatic rings. The van der Waals surface area contributed by atoms with Crippen LogP contribution >= 0.6 is 0 Å². The van der Waals surface area contributed by atoms with E-state index in [0.29, 0.717) is 18.1 Å². The normalized spacial score (nSPS) is 11.1. The third-order valence-corrected chi connectivity index (χ3v) is 4.70. The Hall–Kier alpha value is -2.15. The van der Waals surface area contributed by atoms with Crippen LogP contribution in [0.1, 0.15) is 6.92 Å².